The Balaban J connectivity index is 2.72. The summed E-state index contributed by atoms with van der Waals surface area (Å²) in [5.74, 6) is -0.144. The third-order valence-electron chi connectivity index (χ3n) is 1.64. The molecule has 0 unspecified atom stereocenters. The Morgan fingerprint density at radius 3 is 2.07 bits per heavy atom. The molecule has 5 nitrogen and oxygen atoms in total. The lowest BCUT2D eigenvalue weighted by Gasteiger charge is -2.03. The molecule has 1 aromatic carbocycles. The molecule has 0 aromatic heterocycles. The van der Waals surface area contributed by atoms with Crippen LogP contribution in [0.1, 0.15) is 10.4 Å². The van der Waals surface area contributed by atoms with Gasteiger partial charge in [0.2, 0.25) is 0 Å². The fraction of sp³-hybridized carbons (Fsp3) is 0.200. The SMILES string of the molecule is COC(=O)Oc1ccc(C(=O)OC)cc1. The molecule has 1 aromatic rings. The van der Waals surface area contributed by atoms with Gasteiger partial charge in [-0.25, -0.2) is 9.59 Å². The molecule has 1 rings (SSSR count). The highest BCUT2D eigenvalue weighted by Gasteiger charge is 2.07. The molecule has 80 valence electrons. The maximum atomic E-state index is 11.0. The van der Waals surface area contributed by atoms with Crippen molar-refractivity contribution in [2.75, 3.05) is 14.2 Å². The van der Waals surface area contributed by atoms with Gasteiger partial charge >= 0.3 is 12.1 Å². The molecule has 15 heavy (non-hydrogen) atoms. The zero-order valence-corrected chi connectivity index (χ0v) is 8.35. The zero-order valence-electron chi connectivity index (χ0n) is 8.35. The summed E-state index contributed by atoms with van der Waals surface area (Å²) in [5, 5.41) is 0. The van der Waals surface area contributed by atoms with Crippen LogP contribution in [0.2, 0.25) is 0 Å². The minimum Gasteiger partial charge on any atom is -0.465 e. The van der Waals surface area contributed by atoms with Gasteiger partial charge in [0.1, 0.15) is 5.75 Å². The number of hydrogen-bond donors (Lipinski definition) is 0. The van der Waals surface area contributed by atoms with Crippen molar-refractivity contribution in [3.8, 4) is 5.75 Å². The summed E-state index contributed by atoms with van der Waals surface area (Å²) < 4.78 is 13.5. The van der Waals surface area contributed by atoms with E-state index in [0.717, 1.165) is 0 Å². The second kappa shape index (κ2) is 4.99. The quantitative estimate of drug-likeness (QED) is 0.548. The Hall–Kier alpha value is -2.04. The van der Waals surface area contributed by atoms with E-state index in [1.54, 1.807) is 0 Å². The van der Waals surface area contributed by atoms with Gasteiger partial charge in [0.15, 0.2) is 0 Å². The predicted molar refractivity (Wildman–Crippen MR) is 50.8 cm³/mol. The highest BCUT2D eigenvalue weighted by Crippen LogP contribution is 2.13. The van der Waals surface area contributed by atoms with Crippen molar-refractivity contribution in [3.63, 3.8) is 0 Å². The highest BCUT2D eigenvalue weighted by molar-refractivity contribution is 5.89. The van der Waals surface area contributed by atoms with E-state index in [2.05, 4.69) is 9.47 Å². The van der Waals surface area contributed by atoms with Gasteiger partial charge in [-0.15, -0.1) is 0 Å². The molecule has 0 bridgehead atoms. The van der Waals surface area contributed by atoms with Gasteiger partial charge < -0.3 is 14.2 Å². The Labute approximate surface area is 86.6 Å². The fourth-order valence-corrected chi connectivity index (χ4v) is 0.915. The van der Waals surface area contributed by atoms with Crippen molar-refractivity contribution in [3.05, 3.63) is 29.8 Å². The maximum Gasteiger partial charge on any atom is 0.513 e. The van der Waals surface area contributed by atoms with E-state index in [1.807, 2.05) is 0 Å². The molecule has 0 atom stereocenters. The largest absolute Gasteiger partial charge is 0.513 e. The number of esters is 1. The number of methoxy groups -OCH3 is 2. The van der Waals surface area contributed by atoms with E-state index < -0.39 is 12.1 Å². The number of carbonyl (C=O) groups is 2. The molecule has 0 saturated heterocycles. The standard InChI is InChI=1S/C10H10O5/c1-13-9(11)7-3-5-8(6-4-7)15-10(12)14-2/h3-6H,1-2H3. The molecule has 5 heteroatoms. The van der Waals surface area contributed by atoms with E-state index in [1.165, 1.54) is 38.5 Å². The molecule has 0 aliphatic rings. The topological polar surface area (TPSA) is 61.8 Å². The number of benzene rings is 1. The Kier molecular flexibility index (Phi) is 3.68. The van der Waals surface area contributed by atoms with Gasteiger partial charge in [-0.1, -0.05) is 0 Å². The van der Waals surface area contributed by atoms with Crippen LogP contribution in [0, 0.1) is 0 Å². The first kappa shape index (κ1) is 11.0. The first-order valence-electron chi connectivity index (χ1n) is 4.11. The molecule has 0 aliphatic carbocycles. The molecule has 0 aliphatic heterocycles. The lowest BCUT2D eigenvalue weighted by Crippen LogP contribution is -2.07. The van der Waals surface area contributed by atoms with Crippen LogP contribution in [-0.4, -0.2) is 26.3 Å². The van der Waals surface area contributed by atoms with Crippen molar-refractivity contribution < 1.29 is 23.8 Å². The first-order valence-corrected chi connectivity index (χ1v) is 4.11. The summed E-state index contributed by atoms with van der Waals surface area (Å²) in [4.78, 5) is 21.8. The van der Waals surface area contributed by atoms with Crippen molar-refractivity contribution in [1.82, 2.24) is 0 Å². The first-order chi connectivity index (χ1) is 7.17. The average molecular weight is 210 g/mol. The van der Waals surface area contributed by atoms with E-state index in [9.17, 15) is 9.59 Å². The monoisotopic (exact) mass is 210 g/mol. The Bertz CT molecular complexity index is 355. The van der Waals surface area contributed by atoms with Crippen LogP contribution in [0.25, 0.3) is 0 Å². The van der Waals surface area contributed by atoms with Gasteiger partial charge in [0.05, 0.1) is 19.8 Å². The van der Waals surface area contributed by atoms with Crippen molar-refractivity contribution >= 4 is 12.1 Å². The second-order valence-electron chi connectivity index (χ2n) is 2.57. The molecule has 0 saturated carbocycles. The van der Waals surface area contributed by atoms with Gasteiger partial charge in [-0.05, 0) is 24.3 Å². The van der Waals surface area contributed by atoms with Crippen LogP contribution in [0.3, 0.4) is 0 Å². The van der Waals surface area contributed by atoms with Gasteiger partial charge in [0.25, 0.3) is 0 Å². The second-order valence-corrected chi connectivity index (χ2v) is 2.57. The summed E-state index contributed by atoms with van der Waals surface area (Å²) in [7, 11) is 2.51. The van der Waals surface area contributed by atoms with Crippen molar-refractivity contribution in [1.29, 1.82) is 0 Å². The van der Waals surface area contributed by atoms with Crippen LogP contribution in [0.5, 0.6) is 5.75 Å². The molecule has 0 heterocycles. The summed E-state index contributed by atoms with van der Waals surface area (Å²) in [6.07, 6.45) is -0.805. The van der Waals surface area contributed by atoms with Gasteiger partial charge in [-0.3, -0.25) is 0 Å². The molecule has 0 spiro atoms. The van der Waals surface area contributed by atoms with Crippen LogP contribution in [-0.2, 0) is 9.47 Å². The summed E-state index contributed by atoms with van der Waals surface area (Å²) in [6, 6.07) is 5.93. The normalized spacial score (nSPS) is 9.20. The molecular formula is C10H10O5. The summed E-state index contributed by atoms with van der Waals surface area (Å²) >= 11 is 0. The maximum absolute atomic E-state index is 11.0. The Morgan fingerprint density at radius 2 is 1.60 bits per heavy atom. The smallest absolute Gasteiger partial charge is 0.465 e. The molecule has 0 amide bonds. The minimum absolute atomic E-state index is 0.300. The van der Waals surface area contributed by atoms with Crippen molar-refractivity contribution in [2.45, 2.75) is 0 Å². The van der Waals surface area contributed by atoms with E-state index in [4.69, 9.17) is 4.74 Å². The lowest BCUT2D eigenvalue weighted by molar-refractivity contribution is 0.0600. The highest BCUT2D eigenvalue weighted by atomic mass is 16.7. The number of carbonyl (C=O) groups excluding carboxylic acids is 2. The zero-order chi connectivity index (χ0) is 11.3. The van der Waals surface area contributed by atoms with E-state index in [-0.39, 0.29) is 0 Å². The minimum atomic E-state index is -0.805. The predicted octanol–water partition coefficient (Wildman–Crippen LogP) is 1.62. The fourth-order valence-electron chi connectivity index (χ4n) is 0.915. The van der Waals surface area contributed by atoms with Gasteiger partial charge in [-0.2, -0.15) is 0 Å². The average Bonchev–Trinajstić information content (AvgIpc) is 2.29. The molecule has 0 N–H and O–H groups in total. The van der Waals surface area contributed by atoms with Crippen LogP contribution < -0.4 is 4.74 Å². The summed E-state index contributed by atoms with van der Waals surface area (Å²) in [6.45, 7) is 0. The van der Waals surface area contributed by atoms with Crippen LogP contribution in [0.4, 0.5) is 4.79 Å². The summed E-state index contributed by atoms with van der Waals surface area (Å²) in [5.41, 5.74) is 0.384. The third-order valence-corrected chi connectivity index (χ3v) is 1.64. The van der Waals surface area contributed by atoms with Crippen molar-refractivity contribution in [2.24, 2.45) is 0 Å². The Morgan fingerprint density at radius 1 is 1.00 bits per heavy atom. The number of ether oxygens (including phenoxy) is 3. The molecule has 0 fully saturated rings. The van der Waals surface area contributed by atoms with Crippen LogP contribution >= 0.6 is 0 Å². The van der Waals surface area contributed by atoms with Crippen LogP contribution in [0.15, 0.2) is 24.3 Å². The third kappa shape index (κ3) is 2.98. The van der Waals surface area contributed by atoms with Gasteiger partial charge in [0, 0.05) is 0 Å². The molecular weight excluding hydrogens is 200 g/mol. The van der Waals surface area contributed by atoms with E-state index >= 15 is 0 Å². The number of hydrogen-bond acceptors (Lipinski definition) is 5. The number of rotatable bonds is 2. The molecule has 0 radical (unpaired) electrons. The van der Waals surface area contributed by atoms with E-state index in [0.29, 0.717) is 11.3 Å². The lowest BCUT2D eigenvalue weighted by atomic mass is 10.2.